The van der Waals surface area contributed by atoms with Gasteiger partial charge in [-0.05, 0) is 42.5 Å². The quantitative estimate of drug-likeness (QED) is 0.278. The minimum absolute atomic E-state index is 0.0488. The van der Waals surface area contributed by atoms with Crippen molar-refractivity contribution in [2.45, 2.75) is 0 Å². The fourth-order valence-electron chi connectivity index (χ4n) is 2.40. The Kier molecular flexibility index (Phi) is 5.24. The third-order valence-corrected chi connectivity index (χ3v) is 4.24. The summed E-state index contributed by atoms with van der Waals surface area (Å²) in [5.41, 5.74) is 0.548. The van der Waals surface area contributed by atoms with Gasteiger partial charge in [0, 0.05) is 23.4 Å². The largest absolute Gasteiger partial charge is 0.301 e. The Bertz CT molecular complexity index is 977. The summed E-state index contributed by atoms with van der Waals surface area (Å²) in [4.78, 5) is 40.4. The number of carbonyl (C=O) groups excluding carboxylic acids is 2. The Morgan fingerprint density at radius 1 is 1.22 bits per heavy atom. The molecule has 2 amide bonds. The highest BCUT2D eigenvalue weighted by Crippen LogP contribution is 2.24. The van der Waals surface area contributed by atoms with Gasteiger partial charge in [-0.3, -0.25) is 29.6 Å². The maximum atomic E-state index is 12.8. The van der Waals surface area contributed by atoms with Crippen molar-refractivity contribution < 1.29 is 14.5 Å². The van der Waals surface area contributed by atoms with Crippen LogP contribution in [0.4, 0.5) is 17.1 Å². The summed E-state index contributed by atoms with van der Waals surface area (Å²) < 4.78 is 0. The first-order valence-electron chi connectivity index (χ1n) is 7.60. The van der Waals surface area contributed by atoms with Crippen molar-refractivity contribution in [1.82, 2.24) is 5.32 Å². The molecule has 1 saturated heterocycles. The van der Waals surface area contributed by atoms with Crippen molar-refractivity contribution in [2.75, 3.05) is 4.90 Å². The predicted molar refractivity (Wildman–Crippen MR) is 104 cm³/mol. The fraction of sp³-hybridized carbons (Fsp3) is 0.0588. The number of amides is 2. The molecule has 0 aliphatic carbocycles. The molecule has 1 N–H and O–H groups in total. The molecule has 1 atom stereocenters. The third-order valence-electron chi connectivity index (χ3n) is 3.70. The fourth-order valence-corrected chi connectivity index (χ4v) is 2.83. The zero-order valence-corrected chi connectivity index (χ0v) is 15.1. The lowest BCUT2D eigenvalue weighted by atomic mass is 10.1. The maximum Gasteiger partial charge on any atom is 0.271 e. The predicted octanol–water partition coefficient (Wildman–Crippen LogP) is 3.01. The van der Waals surface area contributed by atoms with Gasteiger partial charge in [0.25, 0.3) is 11.6 Å². The van der Waals surface area contributed by atoms with E-state index in [0.717, 1.165) is 6.21 Å². The van der Waals surface area contributed by atoms with Crippen LogP contribution < -0.4 is 10.2 Å². The average Bonchev–Trinajstić information content (AvgIpc) is 2.63. The van der Waals surface area contributed by atoms with Crippen LogP contribution in [0.5, 0.6) is 0 Å². The van der Waals surface area contributed by atoms with E-state index in [0.29, 0.717) is 10.7 Å². The number of nitro benzene ring substituents is 1. The van der Waals surface area contributed by atoms with Crippen molar-refractivity contribution in [3.05, 3.63) is 63.7 Å². The minimum Gasteiger partial charge on any atom is -0.301 e. The van der Waals surface area contributed by atoms with E-state index >= 15 is 0 Å². The maximum absolute atomic E-state index is 12.8. The lowest BCUT2D eigenvalue weighted by Gasteiger charge is -2.30. The Labute approximate surface area is 163 Å². The number of halogens is 1. The molecular formula is C17H11ClN4O4S. The molecule has 0 bridgehead atoms. The van der Waals surface area contributed by atoms with Crippen LogP contribution in [0, 0.1) is 16.0 Å². The van der Waals surface area contributed by atoms with E-state index in [4.69, 9.17) is 23.8 Å². The number of hydrogen-bond acceptors (Lipinski definition) is 6. The number of nitro groups is 1. The van der Waals surface area contributed by atoms with Crippen LogP contribution in [-0.4, -0.2) is 28.1 Å². The van der Waals surface area contributed by atoms with Crippen molar-refractivity contribution >= 4 is 64.0 Å². The number of hydrogen-bond donors (Lipinski definition) is 1. The van der Waals surface area contributed by atoms with Crippen LogP contribution in [0.1, 0.15) is 0 Å². The van der Waals surface area contributed by atoms with Crippen LogP contribution in [0.15, 0.2) is 53.5 Å². The zero-order chi connectivity index (χ0) is 19.6. The first-order valence-corrected chi connectivity index (χ1v) is 8.38. The minimum atomic E-state index is -1.23. The van der Waals surface area contributed by atoms with Gasteiger partial charge in [0.2, 0.25) is 5.91 Å². The molecule has 8 nitrogen and oxygen atoms in total. The summed E-state index contributed by atoms with van der Waals surface area (Å²) in [5.74, 6) is -2.43. The second-order valence-corrected chi connectivity index (χ2v) is 6.30. The molecule has 0 unspecified atom stereocenters. The van der Waals surface area contributed by atoms with Crippen LogP contribution in [0.3, 0.4) is 0 Å². The van der Waals surface area contributed by atoms with Gasteiger partial charge in [0.15, 0.2) is 11.0 Å². The zero-order valence-electron chi connectivity index (χ0n) is 13.5. The number of anilines is 1. The Morgan fingerprint density at radius 2 is 1.93 bits per heavy atom. The molecule has 10 heteroatoms. The van der Waals surface area contributed by atoms with E-state index in [-0.39, 0.29) is 16.5 Å². The van der Waals surface area contributed by atoms with Gasteiger partial charge >= 0.3 is 0 Å². The monoisotopic (exact) mass is 402 g/mol. The van der Waals surface area contributed by atoms with E-state index < -0.39 is 22.7 Å². The van der Waals surface area contributed by atoms with Crippen molar-refractivity contribution in [2.24, 2.45) is 10.9 Å². The van der Waals surface area contributed by atoms with E-state index in [2.05, 4.69) is 10.3 Å². The number of rotatable bonds is 4. The van der Waals surface area contributed by atoms with Gasteiger partial charge in [0.05, 0.1) is 16.3 Å². The van der Waals surface area contributed by atoms with Crippen LogP contribution in [-0.2, 0) is 9.59 Å². The first-order chi connectivity index (χ1) is 12.9. The van der Waals surface area contributed by atoms with E-state index in [1.54, 1.807) is 24.3 Å². The number of non-ortho nitro benzene ring substituents is 1. The van der Waals surface area contributed by atoms with Crippen molar-refractivity contribution in [3.63, 3.8) is 0 Å². The lowest BCUT2D eigenvalue weighted by molar-refractivity contribution is -0.384. The molecule has 0 spiro atoms. The van der Waals surface area contributed by atoms with E-state index in [9.17, 15) is 19.7 Å². The average molecular weight is 403 g/mol. The van der Waals surface area contributed by atoms with Crippen LogP contribution in [0.25, 0.3) is 0 Å². The van der Waals surface area contributed by atoms with Crippen molar-refractivity contribution in [1.29, 1.82) is 0 Å². The normalized spacial score (nSPS) is 17.3. The van der Waals surface area contributed by atoms with Gasteiger partial charge in [-0.15, -0.1) is 0 Å². The molecule has 1 aliphatic rings. The van der Waals surface area contributed by atoms with Gasteiger partial charge < -0.3 is 5.32 Å². The number of aliphatic imine (C=N–C) groups is 1. The molecule has 1 heterocycles. The highest BCUT2D eigenvalue weighted by Gasteiger charge is 2.38. The van der Waals surface area contributed by atoms with Gasteiger partial charge in [0.1, 0.15) is 0 Å². The molecule has 1 fully saturated rings. The number of thiocarbonyl (C=S) groups is 1. The summed E-state index contributed by atoms with van der Waals surface area (Å²) in [6.45, 7) is 0. The molecular weight excluding hydrogens is 392 g/mol. The molecule has 3 rings (SSSR count). The molecule has 27 heavy (non-hydrogen) atoms. The SMILES string of the molecule is O=C1NC(=S)N(c2ccc(Cl)cc2)C(=O)[C@@H]1C=Nc1cccc([N+](=O)[O-])c1. The molecule has 2 aromatic carbocycles. The Balaban J connectivity index is 1.88. The summed E-state index contributed by atoms with van der Waals surface area (Å²) >= 11 is 10.9. The van der Waals surface area contributed by atoms with Crippen molar-refractivity contribution in [3.8, 4) is 0 Å². The first kappa shape index (κ1) is 18.6. The number of benzene rings is 2. The topological polar surface area (TPSA) is 105 Å². The third kappa shape index (κ3) is 3.99. The van der Waals surface area contributed by atoms with E-state index in [1.807, 2.05) is 0 Å². The van der Waals surface area contributed by atoms with Crippen LogP contribution >= 0.6 is 23.8 Å². The smallest absolute Gasteiger partial charge is 0.271 e. The molecule has 0 radical (unpaired) electrons. The second kappa shape index (κ2) is 7.60. The van der Waals surface area contributed by atoms with Gasteiger partial charge in [-0.25, -0.2) is 0 Å². The summed E-state index contributed by atoms with van der Waals surface area (Å²) in [6.07, 6.45) is 1.14. The summed E-state index contributed by atoms with van der Waals surface area (Å²) in [7, 11) is 0. The second-order valence-electron chi connectivity index (χ2n) is 5.48. The Hall–Kier alpha value is -3.17. The molecule has 0 saturated carbocycles. The number of nitrogens with one attached hydrogen (secondary N) is 1. The molecule has 1 aliphatic heterocycles. The Morgan fingerprint density at radius 3 is 2.59 bits per heavy atom. The molecule has 0 aromatic heterocycles. The molecule has 2 aromatic rings. The van der Waals surface area contributed by atoms with Gasteiger partial charge in [-0.1, -0.05) is 17.7 Å². The molecule has 136 valence electrons. The number of carbonyl (C=O) groups is 2. The highest BCUT2D eigenvalue weighted by atomic mass is 35.5. The highest BCUT2D eigenvalue weighted by molar-refractivity contribution is 7.80. The lowest BCUT2D eigenvalue weighted by Crippen LogP contribution is -2.58. The van der Waals surface area contributed by atoms with Crippen LogP contribution in [0.2, 0.25) is 5.02 Å². The standard InChI is InChI=1S/C17H11ClN4O4S/c18-10-4-6-12(7-5-10)21-16(24)14(15(23)20-17(21)27)9-19-11-2-1-3-13(8-11)22(25)26/h1-9,14H,(H,20,23,27)/t14-/m1/s1. The number of nitrogens with zero attached hydrogens (tertiary/aromatic N) is 3. The van der Waals surface area contributed by atoms with Gasteiger partial charge in [-0.2, -0.15) is 0 Å². The summed E-state index contributed by atoms with van der Waals surface area (Å²) in [6, 6.07) is 11.9. The van der Waals surface area contributed by atoms with E-state index in [1.165, 1.54) is 29.2 Å². The summed E-state index contributed by atoms with van der Waals surface area (Å²) in [5, 5.41) is 13.7.